The van der Waals surface area contributed by atoms with Crippen LogP contribution in [0.3, 0.4) is 0 Å². The third-order valence-corrected chi connectivity index (χ3v) is 2.69. The monoisotopic (exact) mass is 159 g/mol. The third kappa shape index (κ3) is 8.18. The minimum atomic E-state index is -0.472. The van der Waals surface area contributed by atoms with Crippen LogP contribution in [-0.4, -0.2) is 15.5 Å². The second kappa shape index (κ2) is 7.29. The lowest BCUT2D eigenvalue weighted by atomic mass is 10.2. The third-order valence-electron chi connectivity index (χ3n) is 1.58. The van der Waals surface area contributed by atoms with Crippen LogP contribution in [0, 0.1) is 0 Å². The standard InChI is InChI=1S/C8H21NSi/c1-4-5-6-7-8-9-10(2)3/h9-10H,4-8H2,1-3H3. The Labute approximate surface area is 66.9 Å². The molecular weight excluding hydrogens is 138 g/mol. The highest BCUT2D eigenvalue weighted by molar-refractivity contribution is 6.52. The Hall–Kier alpha value is 0.177. The maximum absolute atomic E-state index is 3.54. The van der Waals surface area contributed by atoms with E-state index in [9.17, 15) is 0 Å². The van der Waals surface area contributed by atoms with Crippen LogP contribution in [-0.2, 0) is 0 Å². The highest BCUT2D eigenvalue weighted by Gasteiger charge is 1.92. The smallest absolute Gasteiger partial charge is 0.102 e. The molecule has 0 aliphatic rings. The van der Waals surface area contributed by atoms with Crippen LogP contribution in [0.4, 0.5) is 0 Å². The van der Waals surface area contributed by atoms with E-state index in [4.69, 9.17) is 0 Å². The minimum Gasteiger partial charge on any atom is -0.340 e. The van der Waals surface area contributed by atoms with Crippen LogP contribution in [0.15, 0.2) is 0 Å². The molecule has 0 atom stereocenters. The summed E-state index contributed by atoms with van der Waals surface area (Å²) in [5.41, 5.74) is 0. The van der Waals surface area contributed by atoms with E-state index in [0.29, 0.717) is 0 Å². The maximum Gasteiger partial charge on any atom is 0.102 e. The molecule has 0 rings (SSSR count). The molecule has 2 heteroatoms. The van der Waals surface area contributed by atoms with Gasteiger partial charge >= 0.3 is 0 Å². The molecular formula is C8H21NSi. The van der Waals surface area contributed by atoms with Crippen molar-refractivity contribution in [1.29, 1.82) is 0 Å². The lowest BCUT2D eigenvalue weighted by molar-refractivity contribution is 0.657. The van der Waals surface area contributed by atoms with Gasteiger partial charge in [-0.05, 0) is 13.0 Å². The van der Waals surface area contributed by atoms with Crippen LogP contribution in [0.5, 0.6) is 0 Å². The van der Waals surface area contributed by atoms with Crippen molar-refractivity contribution in [1.82, 2.24) is 4.98 Å². The first kappa shape index (κ1) is 10.2. The topological polar surface area (TPSA) is 12.0 Å². The average Bonchev–Trinajstić information content (AvgIpc) is 1.87. The summed E-state index contributed by atoms with van der Waals surface area (Å²) >= 11 is 0. The van der Waals surface area contributed by atoms with Crippen molar-refractivity contribution < 1.29 is 0 Å². The SMILES string of the molecule is CCCCCCN[SiH](C)C. The number of hydrogen-bond donors (Lipinski definition) is 1. The predicted molar refractivity (Wildman–Crippen MR) is 51.0 cm³/mol. The molecule has 0 saturated heterocycles. The van der Waals surface area contributed by atoms with Gasteiger partial charge in [0.25, 0.3) is 0 Å². The summed E-state index contributed by atoms with van der Waals surface area (Å²) in [7, 11) is -0.472. The second-order valence-electron chi connectivity index (χ2n) is 3.17. The Morgan fingerprint density at radius 3 is 2.30 bits per heavy atom. The molecule has 62 valence electrons. The maximum atomic E-state index is 3.54. The summed E-state index contributed by atoms with van der Waals surface area (Å²) < 4.78 is 0. The summed E-state index contributed by atoms with van der Waals surface area (Å²) in [6.07, 6.45) is 5.53. The van der Waals surface area contributed by atoms with Crippen molar-refractivity contribution >= 4 is 8.96 Å². The van der Waals surface area contributed by atoms with Crippen LogP contribution >= 0.6 is 0 Å². The molecule has 10 heavy (non-hydrogen) atoms. The summed E-state index contributed by atoms with van der Waals surface area (Å²) in [6.45, 7) is 8.17. The highest BCUT2D eigenvalue weighted by atomic mass is 28.3. The minimum absolute atomic E-state index is 0.472. The normalized spacial score (nSPS) is 10.8. The Bertz CT molecular complexity index is 64.3. The van der Waals surface area contributed by atoms with Gasteiger partial charge in [-0.3, -0.25) is 0 Å². The molecule has 0 bridgehead atoms. The van der Waals surface area contributed by atoms with Crippen LogP contribution in [0.1, 0.15) is 32.6 Å². The van der Waals surface area contributed by atoms with E-state index in [1.165, 1.54) is 32.2 Å². The van der Waals surface area contributed by atoms with E-state index in [-0.39, 0.29) is 0 Å². The van der Waals surface area contributed by atoms with Crippen molar-refractivity contribution in [3.63, 3.8) is 0 Å². The van der Waals surface area contributed by atoms with E-state index < -0.39 is 8.96 Å². The average molecular weight is 159 g/mol. The predicted octanol–water partition coefficient (Wildman–Crippen LogP) is 2.14. The van der Waals surface area contributed by atoms with Gasteiger partial charge in [0.05, 0.1) is 0 Å². The Balaban J connectivity index is 2.77. The molecule has 0 radical (unpaired) electrons. The fourth-order valence-electron chi connectivity index (χ4n) is 0.943. The van der Waals surface area contributed by atoms with E-state index in [1.807, 2.05) is 0 Å². The fourth-order valence-corrected chi connectivity index (χ4v) is 1.72. The van der Waals surface area contributed by atoms with Gasteiger partial charge in [-0.15, -0.1) is 0 Å². The number of nitrogens with one attached hydrogen (secondary N) is 1. The number of unbranched alkanes of at least 4 members (excludes halogenated alkanes) is 3. The molecule has 0 fully saturated rings. The molecule has 0 amide bonds. The molecule has 1 nitrogen and oxygen atoms in total. The Morgan fingerprint density at radius 2 is 1.80 bits per heavy atom. The van der Waals surface area contributed by atoms with Crippen LogP contribution in [0.25, 0.3) is 0 Å². The lowest BCUT2D eigenvalue weighted by Gasteiger charge is -2.05. The summed E-state index contributed by atoms with van der Waals surface area (Å²) in [5, 5.41) is 0. The van der Waals surface area contributed by atoms with Gasteiger partial charge in [0.1, 0.15) is 8.96 Å². The molecule has 0 spiro atoms. The van der Waals surface area contributed by atoms with Gasteiger partial charge in [0.2, 0.25) is 0 Å². The van der Waals surface area contributed by atoms with E-state index in [2.05, 4.69) is 25.0 Å². The molecule has 0 aliphatic heterocycles. The largest absolute Gasteiger partial charge is 0.340 e. The zero-order chi connectivity index (χ0) is 7.82. The quantitative estimate of drug-likeness (QED) is 0.462. The van der Waals surface area contributed by atoms with Gasteiger partial charge in [-0.1, -0.05) is 39.3 Å². The van der Waals surface area contributed by atoms with Gasteiger partial charge in [-0.2, -0.15) is 0 Å². The summed E-state index contributed by atoms with van der Waals surface area (Å²) in [6, 6.07) is 0. The van der Waals surface area contributed by atoms with E-state index >= 15 is 0 Å². The fraction of sp³-hybridized carbons (Fsp3) is 1.00. The molecule has 0 aromatic carbocycles. The molecule has 0 aromatic heterocycles. The van der Waals surface area contributed by atoms with Crippen molar-refractivity contribution in [3.05, 3.63) is 0 Å². The van der Waals surface area contributed by atoms with Crippen molar-refractivity contribution in [2.75, 3.05) is 6.54 Å². The number of hydrogen-bond acceptors (Lipinski definition) is 1. The van der Waals surface area contributed by atoms with Crippen molar-refractivity contribution in [2.45, 2.75) is 45.7 Å². The highest BCUT2D eigenvalue weighted by Crippen LogP contribution is 1.96. The molecule has 0 aromatic rings. The number of rotatable bonds is 6. The van der Waals surface area contributed by atoms with Gasteiger partial charge in [0, 0.05) is 0 Å². The lowest BCUT2D eigenvalue weighted by Crippen LogP contribution is -2.27. The Morgan fingerprint density at radius 1 is 1.10 bits per heavy atom. The molecule has 0 unspecified atom stereocenters. The Kier molecular flexibility index (Phi) is 7.41. The van der Waals surface area contributed by atoms with Crippen molar-refractivity contribution in [3.8, 4) is 0 Å². The molecule has 1 N–H and O–H groups in total. The molecule has 0 heterocycles. The first-order chi connectivity index (χ1) is 4.77. The zero-order valence-electron chi connectivity index (χ0n) is 7.61. The van der Waals surface area contributed by atoms with Crippen molar-refractivity contribution in [2.24, 2.45) is 0 Å². The first-order valence-corrected chi connectivity index (χ1v) is 7.39. The first-order valence-electron chi connectivity index (χ1n) is 4.50. The molecule has 0 saturated carbocycles. The van der Waals surface area contributed by atoms with E-state index in [0.717, 1.165) is 0 Å². The van der Waals surface area contributed by atoms with Gasteiger partial charge < -0.3 is 4.98 Å². The van der Waals surface area contributed by atoms with E-state index in [1.54, 1.807) is 0 Å². The molecule has 0 aliphatic carbocycles. The van der Waals surface area contributed by atoms with Gasteiger partial charge in [0.15, 0.2) is 0 Å². The summed E-state index contributed by atoms with van der Waals surface area (Å²) in [5.74, 6) is 0. The zero-order valence-corrected chi connectivity index (χ0v) is 8.77. The summed E-state index contributed by atoms with van der Waals surface area (Å²) in [4.78, 5) is 3.54. The van der Waals surface area contributed by atoms with Crippen LogP contribution in [0.2, 0.25) is 13.1 Å². The van der Waals surface area contributed by atoms with Gasteiger partial charge in [-0.25, -0.2) is 0 Å². The second-order valence-corrected chi connectivity index (χ2v) is 5.89. The van der Waals surface area contributed by atoms with Crippen LogP contribution < -0.4 is 4.98 Å².